The van der Waals surface area contributed by atoms with E-state index in [1.807, 2.05) is 38.2 Å². The van der Waals surface area contributed by atoms with Gasteiger partial charge in [-0.15, -0.1) is 0 Å². The van der Waals surface area contributed by atoms with Crippen LogP contribution in [0.2, 0.25) is 0 Å². The molecule has 2 unspecified atom stereocenters. The van der Waals surface area contributed by atoms with Crippen molar-refractivity contribution in [2.75, 3.05) is 26.7 Å². The molecule has 0 aliphatic carbocycles. The monoisotopic (exact) mass is 276 g/mol. The van der Waals surface area contributed by atoms with Gasteiger partial charge in [0.05, 0.1) is 12.6 Å². The van der Waals surface area contributed by atoms with Gasteiger partial charge in [0.15, 0.2) is 0 Å². The maximum Gasteiger partial charge on any atom is 0.239 e. The third kappa shape index (κ3) is 3.73. The van der Waals surface area contributed by atoms with Crippen LogP contribution in [0.25, 0.3) is 0 Å². The van der Waals surface area contributed by atoms with Crippen molar-refractivity contribution >= 4 is 5.91 Å². The largest absolute Gasteiger partial charge is 0.492 e. The zero-order valence-electron chi connectivity index (χ0n) is 12.6. The van der Waals surface area contributed by atoms with Gasteiger partial charge in [0.25, 0.3) is 0 Å². The average molecular weight is 276 g/mol. The Hall–Kier alpha value is -1.55. The van der Waals surface area contributed by atoms with E-state index in [1.165, 1.54) is 5.56 Å². The van der Waals surface area contributed by atoms with E-state index in [-0.39, 0.29) is 11.9 Å². The van der Waals surface area contributed by atoms with E-state index in [2.05, 4.69) is 12.2 Å². The van der Waals surface area contributed by atoms with E-state index in [0.29, 0.717) is 19.1 Å². The summed E-state index contributed by atoms with van der Waals surface area (Å²) in [6, 6.07) is 7.93. The van der Waals surface area contributed by atoms with Crippen LogP contribution in [0.1, 0.15) is 18.9 Å². The lowest BCUT2D eigenvalue weighted by molar-refractivity contribution is -0.132. The number of carbonyl (C=O) groups excluding carboxylic acids is 1. The average Bonchev–Trinajstić information content (AvgIpc) is 2.86. The molecule has 1 heterocycles. The third-order valence-corrected chi connectivity index (χ3v) is 3.89. The quantitative estimate of drug-likeness (QED) is 0.892. The smallest absolute Gasteiger partial charge is 0.239 e. The number of hydrogen-bond acceptors (Lipinski definition) is 3. The number of ether oxygens (including phenoxy) is 1. The molecule has 1 N–H and O–H groups in total. The molecular weight excluding hydrogens is 252 g/mol. The molecule has 1 aliphatic heterocycles. The SMILES string of the molecule is Cc1ccc(OCCN(C)C(=O)C2NCCC2C)cc1. The van der Waals surface area contributed by atoms with Gasteiger partial charge >= 0.3 is 0 Å². The molecule has 110 valence electrons. The summed E-state index contributed by atoms with van der Waals surface area (Å²) in [6.07, 6.45) is 1.07. The van der Waals surface area contributed by atoms with Crippen LogP contribution >= 0.6 is 0 Å². The summed E-state index contributed by atoms with van der Waals surface area (Å²) in [5, 5.41) is 3.27. The molecule has 0 radical (unpaired) electrons. The predicted molar refractivity (Wildman–Crippen MR) is 79.9 cm³/mol. The minimum atomic E-state index is -0.0284. The molecule has 2 rings (SSSR count). The second-order valence-electron chi connectivity index (χ2n) is 5.62. The lowest BCUT2D eigenvalue weighted by Gasteiger charge is -2.23. The van der Waals surface area contributed by atoms with Crippen LogP contribution in [-0.4, -0.2) is 43.6 Å². The summed E-state index contributed by atoms with van der Waals surface area (Å²) >= 11 is 0. The Morgan fingerprint density at radius 3 is 2.70 bits per heavy atom. The fourth-order valence-corrected chi connectivity index (χ4v) is 2.45. The molecule has 1 aliphatic rings. The highest BCUT2D eigenvalue weighted by Gasteiger charge is 2.31. The van der Waals surface area contributed by atoms with Gasteiger partial charge in [-0.05, 0) is 37.9 Å². The number of hydrogen-bond donors (Lipinski definition) is 1. The van der Waals surface area contributed by atoms with E-state index >= 15 is 0 Å². The van der Waals surface area contributed by atoms with Crippen molar-refractivity contribution in [2.45, 2.75) is 26.3 Å². The van der Waals surface area contributed by atoms with Gasteiger partial charge in [-0.2, -0.15) is 0 Å². The van der Waals surface area contributed by atoms with Crippen LogP contribution < -0.4 is 10.1 Å². The summed E-state index contributed by atoms with van der Waals surface area (Å²) in [5.74, 6) is 1.44. The molecule has 1 aromatic carbocycles. The third-order valence-electron chi connectivity index (χ3n) is 3.89. The number of benzene rings is 1. The van der Waals surface area contributed by atoms with E-state index in [9.17, 15) is 4.79 Å². The minimum Gasteiger partial charge on any atom is -0.492 e. The molecule has 0 bridgehead atoms. The Kier molecular flexibility index (Phi) is 5.01. The van der Waals surface area contributed by atoms with Crippen molar-refractivity contribution in [3.05, 3.63) is 29.8 Å². The van der Waals surface area contributed by atoms with Gasteiger partial charge in [-0.25, -0.2) is 0 Å². The highest BCUT2D eigenvalue weighted by Crippen LogP contribution is 2.16. The fourth-order valence-electron chi connectivity index (χ4n) is 2.45. The number of nitrogens with one attached hydrogen (secondary N) is 1. The molecule has 1 fully saturated rings. The van der Waals surface area contributed by atoms with E-state index < -0.39 is 0 Å². The summed E-state index contributed by atoms with van der Waals surface area (Å²) in [7, 11) is 1.84. The van der Waals surface area contributed by atoms with Crippen molar-refractivity contribution in [3.63, 3.8) is 0 Å². The molecule has 20 heavy (non-hydrogen) atoms. The van der Waals surface area contributed by atoms with Crippen molar-refractivity contribution in [2.24, 2.45) is 5.92 Å². The van der Waals surface area contributed by atoms with Crippen LogP contribution in [-0.2, 0) is 4.79 Å². The number of likely N-dealkylation sites (N-methyl/N-ethyl adjacent to an activating group) is 1. The molecule has 4 heteroatoms. The van der Waals surface area contributed by atoms with Crippen LogP contribution in [0, 0.1) is 12.8 Å². The minimum absolute atomic E-state index is 0.0284. The van der Waals surface area contributed by atoms with E-state index in [4.69, 9.17) is 4.74 Å². The van der Waals surface area contributed by atoms with Gasteiger partial charge in [0, 0.05) is 7.05 Å². The first-order chi connectivity index (χ1) is 9.58. The molecule has 0 saturated carbocycles. The molecule has 1 amide bonds. The van der Waals surface area contributed by atoms with Gasteiger partial charge < -0.3 is 15.0 Å². The van der Waals surface area contributed by atoms with E-state index in [1.54, 1.807) is 4.90 Å². The van der Waals surface area contributed by atoms with E-state index in [0.717, 1.165) is 18.7 Å². The Morgan fingerprint density at radius 1 is 1.40 bits per heavy atom. The maximum absolute atomic E-state index is 12.3. The predicted octanol–water partition coefficient (Wildman–Crippen LogP) is 1.83. The standard InChI is InChI=1S/C16H24N2O2/c1-12-4-6-14(7-5-12)20-11-10-18(3)16(19)15-13(2)8-9-17-15/h4-7,13,15,17H,8-11H2,1-3H3. The first-order valence-corrected chi connectivity index (χ1v) is 7.26. The van der Waals surface area contributed by atoms with Crippen LogP contribution in [0.5, 0.6) is 5.75 Å². The first-order valence-electron chi connectivity index (χ1n) is 7.26. The first kappa shape index (κ1) is 14.9. The molecule has 0 spiro atoms. The van der Waals surface area contributed by atoms with Crippen LogP contribution in [0.4, 0.5) is 0 Å². The van der Waals surface area contributed by atoms with Crippen molar-refractivity contribution in [1.29, 1.82) is 0 Å². The van der Waals surface area contributed by atoms with Gasteiger partial charge in [0.2, 0.25) is 5.91 Å². The zero-order chi connectivity index (χ0) is 14.5. The number of nitrogens with zero attached hydrogens (tertiary/aromatic N) is 1. The zero-order valence-corrected chi connectivity index (χ0v) is 12.6. The summed E-state index contributed by atoms with van der Waals surface area (Å²) in [6.45, 7) is 6.24. The highest BCUT2D eigenvalue weighted by atomic mass is 16.5. The van der Waals surface area contributed by atoms with Crippen molar-refractivity contribution in [1.82, 2.24) is 10.2 Å². The van der Waals surface area contributed by atoms with Crippen LogP contribution in [0.3, 0.4) is 0 Å². The molecule has 0 aromatic heterocycles. The Balaban J connectivity index is 1.75. The molecule has 4 nitrogen and oxygen atoms in total. The number of aryl methyl sites for hydroxylation is 1. The number of rotatable bonds is 5. The molecular formula is C16H24N2O2. The lowest BCUT2D eigenvalue weighted by Crippen LogP contribution is -2.45. The Labute approximate surface area is 121 Å². The van der Waals surface area contributed by atoms with Gasteiger partial charge in [-0.1, -0.05) is 24.6 Å². The fraction of sp³-hybridized carbons (Fsp3) is 0.562. The number of amides is 1. The van der Waals surface area contributed by atoms with Crippen LogP contribution in [0.15, 0.2) is 24.3 Å². The van der Waals surface area contributed by atoms with Crippen molar-refractivity contribution in [3.8, 4) is 5.75 Å². The second-order valence-corrected chi connectivity index (χ2v) is 5.62. The van der Waals surface area contributed by atoms with Gasteiger partial charge in [0.1, 0.15) is 12.4 Å². The van der Waals surface area contributed by atoms with Crippen molar-refractivity contribution < 1.29 is 9.53 Å². The molecule has 1 aromatic rings. The lowest BCUT2D eigenvalue weighted by atomic mass is 10.0. The maximum atomic E-state index is 12.3. The molecule has 1 saturated heterocycles. The topological polar surface area (TPSA) is 41.6 Å². The normalized spacial score (nSPS) is 21.8. The number of carbonyl (C=O) groups is 1. The Bertz CT molecular complexity index is 444. The summed E-state index contributed by atoms with van der Waals surface area (Å²) in [5.41, 5.74) is 1.21. The summed E-state index contributed by atoms with van der Waals surface area (Å²) < 4.78 is 5.66. The summed E-state index contributed by atoms with van der Waals surface area (Å²) in [4.78, 5) is 14.0. The van der Waals surface area contributed by atoms with Gasteiger partial charge in [-0.3, -0.25) is 4.79 Å². The molecule has 2 atom stereocenters. The Morgan fingerprint density at radius 2 is 2.10 bits per heavy atom. The highest BCUT2D eigenvalue weighted by molar-refractivity contribution is 5.82. The second kappa shape index (κ2) is 6.75.